The number of nitrogens with zero attached hydrogens (tertiary/aromatic N) is 3. The first-order valence-corrected chi connectivity index (χ1v) is 4.34. The molecule has 11 heteroatoms. The molecule has 1 atom stereocenters. The lowest BCUT2D eigenvalue weighted by molar-refractivity contribution is -0.208. The van der Waals surface area contributed by atoms with Gasteiger partial charge in [0.1, 0.15) is 5.69 Å². The first-order valence-electron chi connectivity index (χ1n) is 4.34. The van der Waals surface area contributed by atoms with Crippen LogP contribution in [0.5, 0.6) is 0 Å². The molecule has 1 rings (SSSR count). The van der Waals surface area contributed by atoms with Crippen molar-refractivity contribution >= 4 is 5.97 Å². The van der Waals surface area contributed by atoms with Crippen LogP contribution in [-0.2, 0) is 6.54 Å². The van der Waals surface area contributed by atoms with Crippen molar-refractivity contribution in [2.75, 3.05) is 0 Å². The van der Waals surface area contributed by atoms with E-state index in [1.165, 1.54) is 0 Å². The molecule has 1 unspecified atom stereocenters. The van der Waals surface area contributed by atoms with Crippen molar-refractivity contribution in [3.05, 3.63) is 11.4 Å². The van der Waals surface area contributed by atoms with Crippen LogP contribution in [0.3, 0.4) is 0 Å². The molecule has 0 saturated heterocycles. The Hall–Kier alpha value is -1.78. The predicted octanol–water partition coefficient (Wildman–Crippen LogP) is 0.837. The van der Waals surface area contributed by atoms with Crippen molar-refractivity contribution in [3.63, 3.8) is 0 Å². The highest BCUT2D eigenvalue weighted by Gasteiger charge is 2.40. The Morgan fingerprint density at radius 2 is 1.94 bits per heavy atom. The molecule has 0 amide bonds. The van der Waals surface area contributed by atoms with Gasteiger partial charge in [-0.05, 0) is 0 Å². The van der Waals surface area contributed by atoms with E-state index in [4.69, 9.17) is 10.2 Å². The molecule has 1 aromatic heterocycles. The van der Waals surface area contributed by atoms with Gasteiger partial charge in [0.15, 0.2) is 11.8 Å². The number of hydrogen-bond acceptors (Lipinski definition) is 4. The molecule has 1 heterocycles. The molecule has 0 aliphatic rings. The van der Waals surface area contributed by atoms with Gasteiger partial charge in [-0.1, -0.05) is 5.21 Å². The maximum absolute atomic E-state index is 12.5. The quantitative estimate of drug-likeness (QED) is 0.795. The second-order valence-corrected chi connectivity index (χ2v) is 3.17. The van der Waals surface area contributed by atoms with Gasteiger partial charge >= 0.3 is 12.1 Å². The van der Waals surface area contributed by atoms with Crippen LogP contribution in [0.15, 0.2) is 0 Å². The van der Waals surface area contributed by atoms with Gasteiger partial charge in [0.05, 0.1) is 6.54 Å². The number of carboxylic acid groups (broad SMARTS) is 1. The molecule has 6 nitrogen and oxygen atoms in total. The van der Waals surface area contributed by atoms with Gasteiger partial charge in [0.25, 0.3) is 6.43 Å². The van der Waals surface area contributed by atoms with Gasteiger partial charge in [-0.3, -0.25) is 0 Å². The first kappa shape index (κ1) is 14.3. The van der Waals surface area contributed by atoms with Crippen LogP contribution >= 0.6 is 0 Å². The van der Waals surface area contributed by atoms with E-state index in [1.807, 2.05) is 0 Å². The van der Waals surface area contributed by atoms with Gasteiger partial charge < -0.3 is 10.2 Å². The lowest BCUT2D eigenvalue weighted by Crippen LogP contribution is -2.33. The van der Waals surface area contributed by atoms with Gasteiger partial charge in [-0.25, -0.2) is 18.3 Å². The molecular weight excluding hydrogens is 269 g/mol. The molecule has 0 radical (unpaired) electrons. The summed E-state index contributed by atoms with van der Waals surface area (Å²) >= 11 is 0. The predicted molar refractivity (Wildman–Crippen MR) is 44.0 cm³/mol. The molecule has 102 valence electrons. The third-order valence-corrected chi connectivity index (χ3v) is 1.91. The number of halogens is 5. The average Bonchev–Trinajstić information content (AvgIpc) is 2.59. The monoisotopic (exact) mass is 275 g/mol. The number of alkyl halides is 5. The first-order chi connectivity index (χ1) is 8.14. The molecule has 0 aromatic carbocycles. The zero-order valence-corrected chi connectivity index (χ0v) is 8.40. The Labute approximate surface area is 95.6 Å². The Kier molecular flexibility index (Phi) is 3.84. The maximum atomic E-state index is 12.5. The van der Waals surface area contributed by atoms with Crippen LogP contribution in [0.1, 0.15) is 22.6 Å². The highest BCUT2D eigenvalue weighted by molar-refractivity contribution is 5.86. The Bertz CT molecular complexity index is 444. The van der Waals surface area contributed by atoms with Crippen molar-refractivity contribution in [1.29, 1.82) is 0 Å². The smallest absolute Gasteiger partial charge is 0.416 e. The fourth-order valence-corrected chi connectivity index (χ4v) is 1.09. The SMILES string of the molecule is O=C(O)c1nnn(CC(O)C(F)(F)F)c1C(F)F. The van der Waals surface area contributed by atoms with E-state index in [1.54, 1.807) is 0 Å². The van der Waals surface area contributed by atoms with Crippen LogP contribution in [0.2, 0.25) is 0 Å². The van der Waals surface area contributed by atoms with Crippen LogP contribution in [0, 0.1) is 0 Å². The number of aromatic carboxylic acids is 1. The molecular formula is C7H6F5N3O3. The van der Waals surface area contributed by atoms with Crippen molar-refractivity contribution in [1.82, 2.24) is 15.0 Å². The number of aliphatic hydroxyl groups excluding tert-OH is 1. The topological polar surface area (TPSA) is 88.2 Å². The van der Waals surface area contributed by atoms with Gasteiger partial charge in [-0.15, -0.1) is 5.10 Å². The lowest BCUT2D eigenvalue weighted by atomic mass is 10.3. The van der Waals surface area contributed by atoms with Crippen LogP contribution in [-0.4, -0.2) is 43.5 Å². The van der Waals surface area contributed by atoms with Crippen LogP contribution in [0.4, 0.5) is 22.0 Å². The van der Waals surface area contributed by atoms with E-state index in [9.17, 15) is 26.7 Å². The minimum atomic E-state index is -5.03. The normalized spacial score (nSPS) is 13.9. The van der Waals surface area contributed by atoms with E-state index in [0.29, 0.717) is 0 Å². The Balaban J connectivity index is 3.07. The number of aromatic nitrogens is 3. The van der Waals surface area contributed by atoms with Crippen molar-refractivity contribution in [2.45, 2.75) is 25.3 Å². The summed E-state index contributed by atoms with van der Waals surface area (Å²) in [6.07, 6.45) is -11.4. The second kappa shape index (κ2) is 4.84. The number of carbonyl (C=O) groups is 1. The average molecular weight is 275 g/mol. The summed E-state index contributed by atoms with van der Waals surface area (Å²) in [6.45, 7) is -1.36. The molecule has 18 heavy (non-hydrogen) atoms. The lowest BCUT2D eigenvalue weighted by Gasteiger charge is -2.15. The zero-order valence-electron chi connectivity index (χ0n) is 8.40. The fraction of sp³-hybridized carbons (Fsp3) is 0.571. The van der Waals surface area contributed by atoms with Gasteiger partial charge in [0.2, 0.25) is 0 Å². The maximum Gasteiger partial charge on any atom is 0.416 e. The molecule has 0 spiro atoms. The summed E-state index contributed by atoms with van der Waals surface area (Å²) < 4.78 is 61.1. The summed E-state index contributed by atoms with van der Waals surface area (Å²) in [4.78, 5) is 10.5. The van der Waals surface area contributed by atoms with E-state index in [-0.39, 0.29) is 4.68 Å². The molecule has 0 aliphatic carbocycles. The zero-order chi connectivity index (χ0) is 14.1. The van der Waals surface area contributed by atoms with Crippen molar-refractivity contribution in [3.8, 4) is 0 Å². The van der Waals surface area contributed by atoms with Crippen LogP contribution in [0.25, 0.3) is 0 Å². The Morgan fingerprint density at radius 3 is 2.33 bits per heavy atom. The van der Waals surface area contributed by atoms with E-state index < -0.39 is 42.6 Å². The third-order valence-electron chi connectivity index (χ3n) is 1.91. The molecule has 0 saturated carbocycles. The molecule has 2 N–H and O–H groups in total. The minimum Gasteiger partial charge on any atom is -0.476 e. The number of rotatable bonds is 4. The van der Waals surface area contributed by atoms with Crippen molar-refractivity contribution < 1.29 is 37.0 Å². The number of carboxylic acids is 1. The van der Waals surface area contributed by atoms with Gasteiger partial charge in [-0.2, -0.15) is 13.2 Å². The van der Waals surface area contributed by atoms with E-state index in [0.717, 1.165) is 0 Å². The van der Waals surface area contributed by atoms with Gasteiger partial charge in [0, 0.05) is 0 Å². The summed E-state index contributed by atoms with van der Waals surface area (Å²) in [6, 6.07) is 0. The molecule has 0 aliphatic heterocycles. The summed E-state index contributed by atoms with van der Waals surface area (Å²) in [5.41, 5.74) is -2.44. The summed E-state index contributed by atoms with van der Waals surface area (Å²) in [5, 5.41) is 22.9. The summed E-state index contributed by atoms with van der Waals surface area (Å²) in [7, 11) is 0. The van der Waals surface area contributed by atoms with Crippen LogP contribution < -0.4 is 0 Å². The highest BCUT2D eigenvalue weighted by Crippen LogP contribution is 2.25. The molecule has 0 bridgehead atoms. The minimum absolute atomic E-state index is 0.0201. The van der Waals surface area contributed by atoms with E-state index >= 15 is 0 Å². The largest absolute Gasteiger partial charge is 0.476 e. The molecule has 1 aromatic rings. The molecule has 0 fully saturated rings. The van der Waals surface area contributed by atoms with Crippen molar-refractivity contribution in [2.24, 2.45) is 0 Å². The number of aliphatic hydroxyl groups is 1. The Morgan fingerprint density at radius 1 is 1.39 bits per heavy atom. The fourth-order valence-electron chi connectivity index (χ4n) is 1.09. The number of hydrogen-bond donors (Lipinski definition) is 2. The summed E-state index contributed by atoms with van der Waals surface area (Å²) in [5.74, 6) is -1.85. The van der Waals surface area contributed by atoms with E-state index in [2.05, 4.69) is 10.3 Å². The standard InChI is InChI=1S/C7H6F5N3O3/c8-5(9)4-3(6(17)18)13-14-15(4)1-2(16)7(10,11)12/h2,5,16H,1H2,(H,17,18). The second-order valence-electron chi connectivity index (χ2n) is 3.17. The third kappa shape index (κ3) is 2.91. The highest BCUT2D eigenvalue weighted by atomic mass is 19.4.